The zero-order valence-electron chi connectivity index (χ0n) is 18.5. The molecule has 2 aliphatic rings. The molecule has 0 spiro atoms. The molecule has 3 aromatic heterocycles. The Balaban J connectivity index is 0.000000224. The van der Waals surface area contributed by atoms with Gasteiger partial charge in [0.15, 0.2) is 0 Å². The molecule has 0 saturated heterocycles. The van der Waals surface area contributed by atoms with Crippen molar-refractivity contribution in [2.75, 3.05) is 0 Å². The minimum Gasteiger partial charge on any atom is -0.355 e. The fourth-order valence-electron chi connectivity index (χ4n) is 3.49. The van der Waals surface area contributed by atoms with Crippen LogP contribution in [0.15, 0.2) is 77.7 Å². The predicted octanol–water partition coefficient (Wildman–Crippen LogP) is 5.39. The summed E-state index contributed by atoms with van der Waals surface area (Å²) < 4.78 is 29.2. The van der Waals surface area contributed by atoms with Crippen molar-refractivity contribution >= 4 is 56.5 Å². The van der Waals surface area contributed by atoms with E-state index in [1.807, 2.05) is 42.5 Å². The van der Waals surface area contributed by atoms with Crippen LogP contribution in [0.1, 0.15) is 22.8 Å². The second-order valence-corrected chi connectivity index (χ2v) is 9.04. The van der Waals surface area contributed by atoms with Crippen LogP contribution < -0.4 is 0 Å². The smallest absolute Gasteiger partial charge is 0.271 e. The second kappa shape index (κ2) is 10.3. The molecule has 0 saturated carbocycles. The summed E-state index contributed by atoms with van der Waals surface area (Å²) in [7, 11) is -4.02. The first-order valence-corrected chi connectivity index (χ1v) is 11.8. The van der Waals surface area contributed by atoms with Crippen LogP contribution in [0.4, 0.5) is 0 Å². The zero-order valence-corrected chi connectivity index (χ0v) is 22.3. The predicted molar refractivity (Wildman–Crippen MR) is 134 cm³/mol. The third-order valence-electron chi connectivity index (χ3n) is 5.03. The molecule has 170 valence electrons. The molecule has 0 radical (unpaired) electrons. The van der Waals surface area contributed by atoms with Crippen LogP contribution in [0.2, 0.25) is 0 Å². The molecule has 0 amide bonds. The van der Waals surface area contributed by atoms with Crippen LogP contribution in [0.5, 0.6) is 0 Å². The number of nitrogens with one attached hydrogen (secondary N) is 2. The Morgan fingerprint density at radius 2 is 1.03 bits per heavy atom. The number of benzene rings is 1. The molecule has 5 heterocycles. The van der Waals surface area contributed by atoms with E-state index in [2.05, 4.69) is 56.3 Å². The quantitative estimate of drug-likeness (QED) is 0.149. The molecule has 9 heteroatoms. The fraction of sp³-hybridized carbons (Fsp3) is 0. The first-order valence-electron chi connectivity index (χ1n) is 10.4. The van der Waals surface area contributed by atoms with Gasteiger partial charge >= 0.3 is 0 Å². The number of H-pyrrole nitrogens is 2. The van der Waals surface area contributed by atoms with E-state index in [1.54, 1.807) is 0 Å². The minimum absolute atomic E-state index is 0. The normalized spacial score (nSPS) is 11.9. The van der Waals surface area contributed by atoms with Gasteiger partial charge in [0.2, 0.25) is 0 Å². The summed E-state index contributed by atoms with van der Waals surface area (Å²) in [5, 5.41) is 0. The standard InChI is InChI=1S/C20H14N4.C6H5O3S.Zn/c1-2-14-10-16-5-6-18(23-16)12-20-8-7-19(24-20)11-17-4-3-15(22-17)9-13(1)21-14;7-10(8,9)6-4-2-1-3-5-6;/h1-12,21-22H;2-5H,(H,7,8,9);/q;-1;. The van der Waals surface area contributed by atoms with Crippen LogP contribution in [-0.4, -0.2) is 32.9 Å². The molecule has 6 rings (SSSR count). The molecule has 2 aliphatic heterocycles. The Morgan fingerprint density at radius 3 is 1.43 bits per heavy atom. The van der Waals surface area contributed by atoms with Gasteiger partial charge in [-0.15, -0.1) is 12.1 Å². The van der Waals surface area contributed by atoms with E-state index in [0.29, 0.717) is 0 Å². The number of aromatic amines is 2. The molecule has 1 aromatic carbocycles. The molecule has 35 heavy (non-hydrogen) atoms. The van der Waals surface area contributed by atoms with E-state index in [-0.39, 0.29) is 24.4 Å². The van der Waals surface area contributed by atoms with Gasteiger partial charge in [0.1, 0.15) is 0 Å². The summed E-state index contributed by atoms with van der Waals surface area (Å²) in [5.74, 6) is 0. The first-order chi connectivity index (χ1) is 16.4. The summed E-state index contributed by atoms with van der Waals surface area (Å²) >= 11 is 0. The van der Waals surface area contributed by atoms with Crippen LogP contribution in [0.3, 0.4) is 0 Å². The van der Waals surface area contributed by atoms with Gasteiger partial charge in [-0.05, 0) is 77.7 Å². The third-order valence-corrected chi connectivity index (χ3v) is 5.90. The Hall–Kier alpha value is -3.65. The van der Waals surface area contributed by atoms with Gasteiger partial charge in [-0.1, -0.05) is 0 Å². The number of rotatable bonds is 1. The van der Waals surface area contributed by atoms with Crippen molar-refractivity contribution in [1.82, 2.24) is 19.9 Å². The van der Waals surface area contributed by atoms with Crippen molar-refractivity contribution < 1.29 is 32.4 Å². The van der Waals surface area contributed by atoms with E-state index in [0.717, 1.165) is 44.8 Å². The minimum atomic E-state index is -4.02. The number of hydrogen-bond donors (Lipinski definition) is 3. The number of hydrogen-bond acceptors (Lipinski definition) is 4. The first kappa shape index (κ1) is 24.5. The van der Waals surface area contributed by atoms with Gasteiger partial charge < -0.3 is 9.97 Å². The van der Waals surface area contributed by atoms with Crippen LogP contribution in [0.25, 0.3) is 46.4 Å². The van der Waals surface area contributed by atoms with Crippen molar-refractivity contribution in [3.63, 3.8) is 0 Å². The van der Waals surface area contributed by atoms with Gasteiger partial charge in [-0.3, -0.25) is 4.55 Å². The molecular formula is C26H19N4O3SZn-. The van der Waals surface area contributed by atoms with E-state index in [4.69, 9.17) is 4.55 Å². The van der Waals surface area contributed by atoms with Crippen molar-refractivity contribution in [2.24, 2.45) is 0 Å². The molecular weight excluding hydrogens is 514 g/mol. The topological polar surface area (TPSA) is 112 Å². The van der Waals surface area contributed by atoms with Gasteiger partial charge in [0.25, 0.3) is 10.1 Å². The number of fused-ring (bicyclic) bond motifs is 8. The van der Waals surface area contributed by atoms with Gasteiger partial charge in [0.05, 0.1) is 22.8 Å². The summed E-state index contributed by atoms with van der Waals surface area (Å²) in [5.41, 5.74) is 7.86. The van der Waals surface area contributed by atoms with Gasteiger partial charge in [0, 0.05) is 41.5 Å². The molecule has 0 unspecified atom stereocenters. The van der Waals surface area contributed by atoms with E-state index >= 15 is 0 Å². The SMILES string of the molecule is C1=Cc2cc3ccc(cc4ccc(cc5nc(cc1n2)C=C5)[nH]4)[nH]3.O=S(=O)(O)c1cc[c-]cc1.[Zn]. The molecule has 0 fully saturated rings. The molecule has 4 aromatic rings. The Kier molecular flexibility index (Phi) is 7.21. The average molecular weight is 533 g/mol. The summed E-state index contributed by atoms with van der Waals surface area (Å²) in [6, 6.07) is 24.4. The van der Waals surface area contributed by atoms with E-state index in [1.165, 1.54) is 24.3 Å². The van der Waals surface area contributed by atoms with Gasteiger partial charge in [-0.25, -0.2) is 9.97 Å². The number of aromatic nitrogens is 4. The van der Waals surface area contributed by atoms with Crippen molar-refractivity contribution in [3.8, 4) is 0 Å². The summed E-state index contributed by atoms with van der Waals surface area (Å²) in [4.78, 5) is 15.9. The number of nitrogens with zero attached hydrogens (tertiary/aromatic N) is 2. The monoisotopic (exact) mass is 531 g/mol. The average Bonchev–Trinajstić information content (AvgIpc) is 3.60. The molecule has 0 atom stereocenters. The van der Waals surface area contributed by atoms with Crippen LogP contribution in [0, 0.1) is 6.07 Å². The zero-order chi connectivity index (χ0) is 23.5. The molecule has 3 N–H and O–H groups in total. The second-order valence-electron chi connectivity index (χ2n) is 7.62. The summed E-state index contributed by atoms with van der Waals surface area (Å²) in [6.07, 6.45) is 8.05. The van der Waals surface area contributed by atoms with E-state index < -0.39 is 10.1 Å². The van der Waals surface area contributed by atoms with Crippen LogP contribution >= 0.6 is 0 Å². The fourth-order valence-corrected chi connectivity index (χ4v) is 3.97. The molecule has 8 bridgehead atoms. The van der Waals surface area contributed by atoms with Crippen LogP contribution in [-0.2, 0) is 29.6 Å². The molecule has 0 aliphatic carbocycles. The maximum absolute atomic E-state index is 10.4. The Labute approximate surface area is 214 Å². The molecule has 7 nitrogen and oxygen atoms in total. The largest absolute Gasteiger partial charge is 0.355 e. The third kappa shape index (κ3) is 6.28. The van der Waals surface area contributed by atoms with E-state index in [9.17, 15) is 8.42 Å². The maximum atomic E-state index is 10.4. The van der Waals surface area contributed by atoms with Crippen molar-refractivity contribution in [3.05, 3.63) is 102 Å². The maximum Gasteiger partial charge on any atom is 0.271 e. The van der Waals surface area contributed by atoms with Gasteiger partial charge in [-0.2, -0.15) is 26.6 Å². The Morgan fingerprint density at radius 1 is 0.629 bits per heavy atom. The van der Waals surface area contributed by atoms with Crippen molar-refractivity contribution in [1.29, 1.82) is 0 Å². The Bertz CT molecular complexity index is 1600. The van der Waals surface area contributed by atoms with Crippen molar-refractivity contribution in [2.45, 2.75) is 4.90 Å². The summed E-state index contributed by atoms with van der Waals surface area (Å²) in [6.45, 7) is 0.